The van der Waals surface area contributed by atoms with E-state index >= 15 is 0 Å². The molecule has 0 radical (unpaired) electrons. The van der Waals surface area contributed by atoms with Gasteiger partial charge in [-0.1, -0.05) is 39.0 Å². The van der Waals surface area contributed by atoms with Crippen LogP contribution in [0.25, 0.3) is 0 Å². The van der Waals surface area contributed by atoms with Crippen LogP contribution in [0.15, 0.2) is 18.2 Å². The molecule has 1 aliphatic rings. The Kier molecular flexibility index (Phi) is 2.86. The Morgan fingerprint density at radius 2 is 1.88 bits per heavy atom. The van der Waals surface area contributed by atoms with Gasteiger partial charge in [0.15, 0.2) is 0 Å². The standard InChI is InChI=1S/C16H25N/c1-11-7-8-12(15(2,3)4)9-13(11)14-10-17-16(14,5)6/h7-9,14,17H,10H2,1-6H3. The van der Waals surface area contributed by atoms with Crippen molar-refractivity contribution in [2.45, 2.75) is 58.4 Å². The lowest BCUT2D eigenvalue weighted by Crippen LogP contribution is -2.59. The van der Waals surface area contributed by atoms with Crippen LogP contribution < -0.4 is 5.32 Å². The van der Waals surface area contributed by atoms with Crippen LogP contribution in [0.4, 0.5) is 0 Å². The van der Waals surface area contributed by atoms with Crippen molar-refractivity contribution in [1.29, 1.82) is 0 Å². The maximum absolute atomic E-state index is 3.52. The molecule has 0 saturated carbocycles. The highest BCUT2D eigenvalue weighted by Crippen LogP contribution is 2.38. The van der Waals surface area contributed by atoms with Gasteiger partial charge in [0, 0.05) is 18.0 Å². The monoisotopic (exact) mass is 231 g/mol. The van der Waals surface area contributed by atoms with E-state index < -0.39 is 0 Å². The first-order chi connectivity index (χ1) is 7.72. The molecular formula is C16H25N. The molecule has 0 amide bonds. The van der Waals surface area contributed by atoms with Crippen LogP contribution in [-0.2, 0) is 5.41 Å². The minimum atomic E-state index is 0.240. The van der Waals surface area contributed by atoms with Gasteiger partial charge in [-0.25, -0.2) is 0 Å². The summed E-state index contributed by atoms with van der Waals surface area (Å²) in [6.07, 6.45) is 0. The maximum atomic E-state index is 3.52. The first-order valence-electron chi connectivity index (χ1n) is 6.58. The average Bonchev–Trinajstić information content (AvgIpc) is 2.18. The molecule has 94 valence electrons. The summed E-state index contributed by atoms with van der Waals surface area (Å²) >= 11 is 0. The zero-order valence-corrected chi connectivity index (χ0v) is 12.0. The Bertz CT molecular complexity index is 424. The fourth-order valence-corrected chi connectivity index (χ4v) is 2.59. The van der Waals surface area contributed by atoms with Crippen molar-refractivity contribution in [2.75, 3.05) is 6.54 Å². The van der Waals surface area contributed by atoms with E-state index in [1.807, 2.05) is 0 Å². The molecule has 17 heavy (non-hydrogen) atoms. The van der Waals surface area contributed by atoms with Crippen molar-refractivity contribution in [3.63, 3.8) is 0 Å². The molecule has 0 bridgehead atoms. The highest BCUT2D eigenvalue weighted by Gasteiger charge is 2.39. The Balaban J connectivity index is 2.40. The molecular weight excluding hydrogens is 206 g/mol. The topological polar surface area (TPSA) is 12.0 Å². The van der Waals surface area contributed by atoms with Crippen LogP contribution in [0.3, 0.4) is 0 Å². The third-order valence-corrected chi connectivity index (χ3v) is 4.15. The van der Waals surface area contributed by atoms with Crippen LogP contribution in [0, 0.1) is 6.92 Å². The van der Waals surface area contributed by atoms with Gasteiger partial charge in [-0.3, -0.25) is 0 Å². The number of rotatable bonds is 1. The fourth-order valence-electron chi connectivity index (χ4n) is 2.59. The van der Waals surface area contributed by atoms with Gasteiger partial charge in [-0.05, 0) is 42.9 Å². The molecule has 1 heteroatoms. The molecule has 1 fully saturated rings. The number of aryl methyl sites for hydroxylation is 1. The third-order valence-electron chi connectivity index (χ3n) is 4.15. The van der Waals surface area contributed by atoms with Crippen LogP contribution in [0.2, 0.25) is 0 Å². The summed E-state index contributed by atoms with van der Waals surface area (Å²) in [6.45, 7) is 14.8. The van der Waals surface area contributed by atoms with Crippen molar-refractivity contribution >= 4 is 0 Å². The molecule has 1 nitrogen and oxygen atoms in total. The van der Waals surface area contributed by atoms with E-state index in [0.29, 0.717) is 5.92 Å². The van der Waals surface area contributed by atoms with Gasteiger partial charge in [0.25, 0.3) is 0 Å². The number of nitrogens with one attached hydrogen (secondary N) is 1. The van der Waals surface area contributed by atoms with E-state index in [2.05, 4.69) is 65.1 Å². The third kappa shape index (κ3) is 2.26. The minimum absolute atomic E-state index is 0.240. The van der Waals surface area contributed by atoms with Crippen LogP contribution >= 0.6 is 0 Å². The summed E-state index contributed by atoms with van der Waals surface area (Å²) in [6, 6.07) is 6.98. The Morgan fingerprint density at radius 1 is 1.24 bits per heavy atom. The van der Waals surface area contributed by atoms with Gasteiger partial charge in [-0.2, -0.15) is 0 Å². The predicted molar refractivity (Wildman–Crippen MR) is 74.7 cm³/mol. The zero-order valence-electron chi connectivity index (χ0n) is 12.0. The van der Waals surface area contributed by atoms with Crippen molar-refractivity contribution in [1.82, 2.24) is 5.32 Å². The minimum Gasteiger partial charge on any atom is -0.310 e. The Morgan fingerprint density at radius 3 is 2.29 bits per heavy atom. The first kappa shape index (κ1) is 12.6. The van der Waals surface area contributed by atoms with E-state index in [4.69, 9.17) is 0 Å². The second-order valence-corrected chi connectivity index (χ2v) is 6.98. The number of hydrogen-bond donors (Lipinski definition) is 1. The van der Waals surface area contributed by atoms with Gasteiger partial charge in [0.05, 0.1) is 0 Å². The highest BCUT2D eigenvalue weighted by atomic mass is 15.1. The molecule has 1 aromatic rings. The van der Waals surface area contributed by atoms with Gasteiger partial charge < -0.3 is 5.32 Å². The van der Waals surface area contributed by atoms with E-state index in [1.54, 1.807) is 0 Å². The molecule has 1 N–H and O–H groups in total. The molecule has 1 aromatic carbocycles. The van der Waals surface area contributed by atoms with Crippen LogP contribution in [0.1, 0.15) is 57.2 Å². The second-order valence-electron chi connectivity index (χ2n) is 6.98. The summed E-state index contributed by atoms with van der Waals surface area (Å²) in [7, 11) is 0. The lowest BCUT2D eigenvalue weighted by molar-refractivity contribution is 0.207. The largest absolute Gasteiger partial charge is 0.310 e. The summed E-state index contributed by atoms with van der Waals surface area (Å²) in [4.78, 5) is 0. The molecule has 1 atom stereocenters. The van der Waals surface area contributed by atoms with Crippen molar-refractivity contribution in [3.8, 4) is 0 Å². The summed E-state index contributed by atoms with van der Waals surface area (Å²) in [5.74, 6) is 0.657. The summed E-state index contributed by atoms with van der Waals surface area (Å²) in [5.41, 5.74) is 4.89. The van der Waals surface area contributed by atoms with Crippen molar-refractivity contribution in [2.24, 2.45) is 0 Å². The second kappa shape index (κ2) is 3.84. The lowest BCUT2D eigenvalue weighted by atomic mass is 9.72. The van der Waals surface area contributed by atoms with Crippen LogP contribution in [-0.4, -0.2) is 12.1 Å². The fraction of sp³-hybridized carbons (Fsp3) is 0.625. The SMILES string of the molecule is Cc1ccc(C(C)(C)C)cc1C1CNC1(C)C. The molecule has 1 aliphatic heterocycles. The van der Waals surface area contributed by atoms with Gasteiger partial charge >= 0.3 is 0 Å². The molecule has 1 saturated heterocycles. The molecule has 0 spiro atoms. The molecule has 2 rings (SSSR count). The zero-order chi connectivity index (χ0) is 12.8. The van der Waals surface area contributed by atoms with E-state index in [9.17, 15) is 0 Å². The van der Waals surface area contributed by atoms with E-state index in [-0.39, 0.29) is 11.0 Å². The van der Waals surface area contributed by atoms with E-state index in [1.165, 1.54) is 16.7 Å². The van der Waals surface area contributed by atoms with Crippen LogP contribution in [0.5, 0.6) is 0 Å². The molecule has 0 aromatic heterocycles. The summed E-state index contributed by atoms with van der Waals surface area (Å²) in [5, 5.41) is 3.52. The first-order valence-corrected chi connectivity index (χ1v) is 6.58. The summed E-state index contributed by atoms with van der Waals surface area (Å²) < 4.78 is 0. The quantitative estimate of drug-likeness (QED) is 0.776. The van der Waals surface area contributed by atoms with Gasteiger partial charge in [-0.15, -0.1) is 0 Å². The predicted octanol–water partition coefficient (Wildman–Crippen LogP) is 3.76. The smallest absolute Gasteiger partial charge is 0.0206 e. The van der Waals surface area contributed by atoms with Crippen molar-refractivity contribution in [3.05, 3.63) is 34.9 Å². The number of hydrogen-bond acceptors (Lipinski definition) is 1. The Hall–Kier alpha value is -0.820. The average molecular weight is 231 g/mol. The van der Waals surface area contributed by atoms with Gasteiger partial charge in [0.2, 0.25) is 0 Å². The molecule has 1 unspecified atom stereocenters. The molecule has 1 heterocycles. The van der Waals surface area contributed by atoms with E-state index in [0.717, 1.165) is 6.54 Å². The number of benzene rings is 1. The normalized spacial score (nSPS) is 23.3. The highest BCUT2D eigenvalue weighted by molar-refractivity contribution is 5.40. The lowest BCUT2D eigenvalue weighted by Gasteiger charge is -2.47. The van der Waals surface area contributed by atoms with Crippen molar-refractivity contribution < 1.29 is 0 Å². The molecule has 0 aliphatic carbocycles. The Labute approximate surface area is 106 Å². The van der Waals surface area contributed by atoms with Gasteiger partial charge in [0.1, 0.15) is 0 Å². The maximum Gasteiger partial charge on any atom is 0.0206 e.